The lowest BCUT2D eigenvalue weighted by atomic mass is 10.1. The Hall–Kier alpha value is -1.68. The number of carbonyl (C=O) groups excluding carboxylic acids is 1. The van der Waals surface area contributed by atoms with Gasteiger partial charge < -0.3 is 10.6 Å². The highest BCUT2D eigenvalue weighted by Gasteiger charge is 2.01. The molecule has 2 N–H and O–H groups in total. The van der Waals surface area contributed by atoms with Gasteiger partial charge in [0.1, 0.15) is 0 Å². The zero-order valence-corrected chi connectivity index (χ0v) is 12.1. The monoisotopic (exact) mass is 276 g/mol. The van der Waals surface area contributed by atoms with E-state index < -0.39 is 0 Å². The van der Waals surface area contributed by atoms with Crippen molar-refractivity contribution >= 4 is 24.3 Å². The van der Waals surface area contributed by atoms with Crippen LogP contribution in [0.1, 0.15) is 19.8 Å². The molecule has 1 aromatic rings. The summed E-state index contributed by atoms with van der Waals surface area (Å²) in [5.41, 5.74) is 2.78. The molecule has 0 radical (unpaired) electrons. The van der Waals surface area contributed by atoms with Gasteiger partial charge in [-0.25, -0.2) is 4.79 Å². The molecule has 0 atom stereocenters. The average Bonchev–Trinajstić information content (AvgIpc) is 2.37. The average molecular weight is 276 g/mol. The third-order valence-electron chi connectivity index (χ3n) is 2.67. The molecule has 2 amide bonds. The van der Waals surface area contributed by atoms with Crippen LogP contribution in [-0.2, 0) is 0 Å². The summed E-state index contributed by atoms with van der Waals surface area (Å²) in [6.07, 6.45) is 1.71. The Labute approximate surface area is 120 Å². The maximum atomic E-state index is 11.6. The molecule has 0 unspecified atom stereocenters. The van der Waals surface area contributed by atoms with Crippen molar-refractivity contribution in [1.29, 1.82) is 0 Å². The molecule has 0 saturated carbocycles. The minimum absolute atomic E-state index is 0.201. The van der Waals surface area contributed by atoms with Crippen molar-refractivity contribution in [3.8, 4) is 0 Å². The zero-order chi connectivity index (χ0) is 14.3. The topological polar surface area (TPSA) is 41.1 Å². The van der Waals surface area contributed by atoms with Crippen LogP contribution >= 0.6 is 12.6 Å². The molecule has 102 valence electrons. The fourth-order valence-electron chi connectivity index (χ4n) is 1.44. The highest BCUT2D eigenvalue weighted by molar-refractivity contribution is 7.80. The van der Waals surface area contributed by atoms with Crippen molar-refractivity contribution in [3.63, 3.8) is 0 Å². The van der Waals surface area contributed by atoms with Gasteiger partial charge in [0.25, 0.3) is 0 Å². The first-order chi connectivity index (χ1) is 8.99. The molecule has 3 nitrogen and oxygen atoms in total. The fraction of sp³-hybridized carbons (Fsp3) is 0.267. The number of hydrogen-bond acceptors (Lipinski definition) is 2. The van der Waals surface area contributed by atoms with E-state index in [2.05, 4.69) is 36.4 Å². The number of allylic oxidation sites excluding steroid dienone is 2. The number of anilines is 1. The molecule has 0 aliphatic heterocycles. The number of amides is 2. The van der Waals surface area contributed by atoms with Crippen LogP contribution in [0.25, 0.3) is 0 Å². The van der Waals surface area contributed by atoms with Crippen molar-refractivity contribution in [3.05, 3.63) is 48.6 Å². The van der Waals surface area contributed by atoms with Crippen LogP contribution in [0.4, 0.5) is 10.5 Å². The molecule has 0 aliphatic rings. The van der Waals surface area contributed by atoms with E-state index in [0.717, 1.165) is 34.6 Å². The molecular formula is C15H20N2OS. The third-order valence-corrected chi connectivity index (χ3v) is 2.97. The van der Waals surface area contributed by atoms with Gasteiger partial charge in [-0.2, -0.15) is 0 Å². The van der Waals surface area contributed by atoms with Crippen molar-refractivity contribution in [1.82, 2.24) is 5.32 Å². The fourth-order valence-corrected chi connectivity index (χ4v) is 1.59. The minimum Gasteiger partial charge on any atom is -0.338 e. The van der Waals surface area contributed by atoms with Gasteiger partial charge in [0.2, 0.25) is 0 Å². The summed E-state index contributed by atoms with van der Waals surface area (Å²) in [4.78, 5) is 12.5. The Morgan fingerprint density at radius 3 is 2.47 bits per heavy atom. The SMILES string of the molecule is C=C(C)C(=C)CCCNC(=O)Nc1ccc(S)cc1. The highest BCUT2D eigenvalue weighted by Crippen LogP contribution is 2.12. The Balaban J connectivity index is 2.23. The molecule has 0 heterocycles. The smallest absolute Gasteiger partial charge is 0.319 e. The molecular weight excluding hydrogens is 256 g/mol. The normalized spacial score (nSPS) is 9.79. The van der Waals surface area contributed by atoms with Crippen molar-refractivity contribution in [2.24, 2.45) is 0 Å². The van der Waals surface area contributed by atoms with Crippen LogP contribution in [0.15, 0.2) is 53.5 Å². The van der Waals surface area contributed by atoms with E-state index in [0.29, 0.717) is 6.54 Å². The molecule has 0 spiro atoms. The Bertz CT molecular complexity index is 466. The minimum atomic E-state index is -0.201. The first kappa shape index (κ1) is 15.4. The number of carbonyl (C=O) groups is 1. The van der Waals surface area contributed by atoms with Crippen molar-refractivity contribution < 1.29 is 4.79 Å². The lowest BCUT2D eigenvalue weighted by molar-refractivity contribution is 0.252. The summed E-state index contributed by atoms with van der Waals surface area (Å²) in [5, 5.41) is 5.56. The van der Waals surface area contributed by atoms with Crippen molar-refractivity contribution in [2.75, 3.05) is 11.9 Å². The van der Waals surface area contributed by atoms with Crippen molar-refractivity contribution in [2.45, 2.75) is 24.7 Å². The molecule has 19 heavy (non-hydrogen) atoms. The van der Waals surface area contributed by atoms with Gasteiger partial charge in [-0.3, -0.25) is 0 Å². The number of rotatable bonds is 6. The quantitative estimate of drug-likeness (QED) is 0.410. The Morgan fingerprint density at radius 1 is 1.26 bits per heavy atom. The Kier molecular flexibility index (Phi) is 6.22. The summed E-state index contributed by atoms with van der Waals surface area (Å²) in [7, 11) is 0. The van der Waals surface area contributed by atoms with Gasteiger partial charge in [0, 0.05) is 17.1 Å². The van der Waals surface area contributed by atoms with Gasteiger partial charge in [-0.1, -0.05) is 24.3 Å². The second-order valence-electron chi connectivity index (χ2n) is 4.42. The van der Waals surface area contributed by atoms with Gasteiger partial charge >= 0.3 is 6.03 Å². The van der Waals surface area contributed by atoms with Crippen LogP contribution in [0.2, 0.25) is 0 Å². The Morgan fingerprint density at radius 2 is 1.89 bits per heavy atom. The van der Waals surface area contributed by atoms with Gasteiger partial charge in [-0.15, -0.1) is 12.6 Å². The first-order valence-electron chi connectivity index (χ1n) is 6.16. The molecule has 0 fully saturated rings. The maximum Gasteiger partial charge on any atom is 0.319 e. The van der Waals surface area contributed by atoms with Gasteiger partial charge in [0.15, 0.2) is 0 Å². The molecule has 0 bridgehead atoms. The van der Waals surface area contributed by atoms with Crippen LogP contribution in [-0.4, -0.2) is 12.6 Å². The first-order valence-corrected chi connectivity index (χ1v) is 6.61. The number of thiol groups is 1. The van der Waals surface area contributed by atoms with Gasteiger partial charge in [-0.05, 0) is 44.0 Å². The molecule has 0 saturated heterocycles. The largest absolute Gasteiger partial charge is 0.338 e. The summed E-state index contributed by atoms with van der Waals surface area (Å²) in [6, 6.07) is 7.08. The number of nitrogens with one attached hydrogen (secondary N) is 2. The highest BCUT2D eigenvalue weighted by atomic mass is 32.1. The summed E-state index contributed by atoms with van der Waals surface area (Å²) in [5.74, 6) is 0. The zero-order valence-electron chi connectivity index (χ0n) is 11.2. The molecule has 1 aromatic carbocycles. The van der Waals surface area contributed by atoms with E-state index in [1.807, 2.05) is 31.2 Å². The molecule has 0 aromatic heterocycles. The van der Waals surface area contributed by atoms with E-state index in [1.165, 1.54) is 0 Å². The maximum absolute atomic E-state index is 11.6. The number of hydrogen-bond donors (Lipinski definition) is 3. The summed E-state index contributed by atoms with van der Waals surface area (Å²) in [6.45, 7) is 10.3. The number of urea groups is 1. The van der Waals surface area contributed by atoms with E-state index in [4.69, 9.17) is 0 Å². The van der Waals surface area contributed by atoms with Crippen LogP contribution in [0, 0.1) is 0 Å². The van der Waals surface area contributed by atoms with E-state index in [1.54, 1.807) is 0 Å². The van der Waals surface area contributed by atoms with Crippen LogP contribution < -0.4 is 10.6 Å². The van der Waals surface area contributed by atoms with E-state index in [-0.39, 0.29) is 6.03 Å². The summed E-state index contributed by atoms with van der Waals surface area (Å²) >= 11 is 4.18. The standard InChI is InChI=1S/C15H20N2OS/c1-11(2)12(3)5-4-10-16-15(18)17-13-6-8-14(19)9-7-13/h6-9,19H,1,3-5,10H2,2H3,(H2,16,17,18). The molecule has 1 rings (SSSR count). The third kappa shape index (κ3) is 6.15. The van der Waals surface area contributed by atoms with E-state index >= 15 is 0 Å². The van der Waals surface area contributed by atoms with Crippen LogP contribution in [0.5, 0.6) is 0 Å². The number of benzene rings is 1. The second kappa shape index (κ2) is 7.69. The lowest BCUT2D eigenvalue weighted by Gasteiger charge is -2.08. The van der Waals surface area contributed by atoms with Gasteiger partial charge in [0.05, 0.1) is 0 Å². The molecule has 0 aliphatic carbocycles. The second-order valence-corrected chi connectivity index (χ2v) is 4.93. The molecule has 4 heteroatoms. The predicted molar refractivity (Wildman–Crippen MR) is 83.9 cm³/mol. The lowest BCUT2D eigenvalue weighted by Crippen LogP contribution is -2.29. The predicted octanol–water partition coefficient (Wildman–Crippen LogP) is 4.01. The van der Waals surface area contributed by atoms with Crippen LogP contribution in [0.3, 0.4) is 0 Å². The van der Waals surface area contributed by atoms with E-state index in [9.17, 15) is 4.79 Å². The summed E-state index contributed by atoms with van der Waals surface area (Å²) < 4.78 is 0.